The molecule has 7 nitrogen and oxygen atoms in total. The average Bonchev–Trinajstić information content (AvgIpc) is 2.87. The first-order valence-electron chi connectivity index (χ1n) is 10.7. The van der Waals surface area contributed by atoms with Gasteiger partial charge in [0.1, 0.15) is 16.7 Å². The number of carbonyl (C=O) groups excluding carboxylic acids is 1. The number of benzene rings is 4. The van der Waals surface area contributed by atoms with Crippen molar-refractivity contribution in [3.63, 3.8) is 0 Å². The second kappa shape index (κ2) is 10.6. The fraction of sp³-hybridized carbons (Fsp3) is 0.0741. The van der Waals surface area contributed by atoms with E-state index in [1.54, 1.807) is 73.8 Å². The Morgan fingerprint density at radius 2 is 1.53 bits per heavy atom. The van der Waals surface area contributed by atoms with E-state index in [1.807, 2.05) is 12.1 Å². The molecule has 0 saturated heterocycles. The van der Waals surface area contributed by atoms with E-state index in [-0.39, 0.29) is 4.90 Å². The first-order chi connectivity index (χ1) is 17.3. The van der Waals surface area contributed by atoms with Crippen LogP contribution in [0.4, 0.5) is 5.69 Å². The van der Waals surface area contributed by atoms with Gasteiger partial charge in [-0.05, 0) is 48.5 Å². The molecular weight excluding hydrogens is 496 g/mol. The number of carbonyl (C=O) groups is 1. The first-order valence-corrected chi connectivity index (χ1v) is 13.8. The number of methoxy groups -OCH3 is 1. The number of amides is 1. The summed E-state index contributed by atoms with van der Waals surface area (Å²) in [5, 5.41) is 1.24. The van der Waals surface area contributed by atoms with Gasteiger partial charge in [-0.15, -0.1) is 0 Å². The number of sulfonamides is 1. The van der Waals surface area contributed by atoms with Crippen molar-refractivity contribution in [3.05, 3.63) is 102 Å². The lowest BCUT2D eigenvalue weighted by Crippen LogP contribution is -2.24. The van der Waals surface area contributed by atoms with Crippen LogP contribution in [-0.4, -0.2) is 31.9 Å². The zero-order valence-corrected chi connectivity index (χ0v) is 21.1. The number of rotatable bonds is 6. The van der Waals surface area contributed by atoms with Crippen molar-refractivity contribution in [1.29, 1.82) is 0 Å². The van der Waals surface area contributed by atoms with Gasteiger partial charge in [0.05, 0.1) is 17.7 Å². The molecule has 0 bridgehead atoms. The summed E-state index contributed by atoms with van der Waals surface area (Å²) in [6, 6.07) is 23.6. The molecule has 182 valence electrons. The molecule has 2 N–H and O–H groups in total. The zero-order chi connectivity index (χ0) is 25.7. The van der Waals surface area contributed by atoms with Crippen LogP contribution in [0.25, 0.3) is 10.8 Å². The van der Waals surface area contributed by atoms with Crippen LogP contribution in [0.2, 0.25) is 0 Å². The zero-order valence-electron chi connectivity index (χ0n) is 19.4. The number of anilines is 1. The monoisotopic (exact) mass is 518 g/mol. The number of hydrogen-bond donors (Lipinski definition) is 2. The summed E-state index contributed by atoms with van der Waals surface area (Å²) in [6.45, 7) is 0. The maximum Gasteiger partial charge on any atom is 0.262 e. The molecule has 1 atom stereocenters. The highest BCUT2D eigenvalue weighted by molar-refractivity contribution is 7.93. The van der Waals surface area contributed by atoms with Gasteiger partial charge in [0, 0.05) is 33.7 Å². The molecule has 1 amide bonds. The molecule has 4 aromatic carbocycles. The SMILES string of the molecule is COc1ccc(S(=O)(=O)Nc2ccccc2C#Cc2ccc(C(=O)NS(C)=O)cc2)c2ccccc12. The maximum atomic E-state index is 13.4. The number of ether oxygens (including phenoxy) is 1. The van der Waals surface area contributed by atoms with Gasteiger partial charge in [-0.3, -0.25) is 14.2 Å². The van der Waals surface area contributed by atoms with Crippen molar-refractivity contribution in [2.75, 3.05) is 18.1 Å². The fourth-order valence-corrected chi connectivity index (χ4v) is 5.24. The van der Waals surface area contributed by atoms with Crippen LogP contribution >= 0.6 is 0 Å². The molecule has 0 aliphatic carbocycles. The molecule has 36 heavy (non-hydrogen) atoms. The summed E-state index contributed by atoms with van der Waals surface area (Å²) in [6.07, 6.45) is 1.38. The summed E-state index contributed by atoms with van der Waals surface area (Å²) >= 11 is 0. The van der Waals surface area contributed by atoms with E-state index in [0.717, 1.165) is 0 Å². The Balaban J connectivity index is 1.63. The number of hydrogen-bond acceptors (Lipinski definition) is 5. The first kappa shape index (κ1) is 25.0. The van der Waals surface area contributed by atoms with Crippen LogP contribution in [-0.2, 0) is 21.0 Å². The van der Waals surface area contributed by atoms with E-state index in [4.69, 9.17) is 4.74 Å². The Hall–Kier alpha value is -4.13. The van der Waals surface area contributed by atoms with Gasteiger partial charge in [-0.25, -0.2) is 12.6 Å². The van der Waals surface area contributed by atoms with E-state index in [2.05, 4.69) is 21.3 Å². The van der Waals surface area contributed by atoms with Crippen molar-refractivity contribution in [3.8, 4) is 17.6 Å². The summed E-state index contributed by atoms with van der Waals surface area (Å²) in [5.74, 6) is 6.12. The fourth-order valence-electron chi connectivity index (χ4n) is 3.57. The highest BCUT2D eigenvalue weighted by atomic mass is 32.2. The highest BCUT2D eigenvalue weighted by Crippen LogP contribution is 2.32. The third kappa shape index (κ3) is 5.57. The normalized spacial score (nSPS) is 11.7. The minimum absolute atomic E-state index is 0.128. The van der Waals surface area contributed by atoms with Gasteiger partial charge in [0.2, 0.25) is 0 Å². The Kier molecular flexibility index (Phi) is 7.38. The number of nitrogens with one attached hydrogen (secondary N) is 2. The second-order valence-electron chi connectivity index (χ2n) is 7.68. The summed E-state index contributed by atoms with van der Waals surface area (Å²) in [5.41, 5.74) is 1.81. The summed E-state index contributed by atoms with van der Waals surface area (Å²) in [4.78, 5) is 12.1. The quantitative estimate of drug-likeness (QED) is 0.375. The molecule has 4 aromatic rings. The Morgan fingerprint density at radius 3 is 2.22 bits per heavy atom. The van der Waals surface area contributed by atoms with E-state index in [0.29, 0.717) is 38.9 Å². The number of para-hydroxylation sites is 1. The van der Waals surface area contributed by atoms with Crippen LogP contribution in [0.1, 0.15) is 21.5 Å². The van der Waals surface area contributed by atoms with Crippen LogP contribution in [0, 0.1) is 11.8 Å². The van der Waals surface area contributed by atoms with Crippen molar-refractivity contribution < 1.29 is 22.2 Å². The molecule has 0 aliphatic rings. The minimum atomic E-state index is -3.94. The molecule has 0 aromatic heterocycles. The molecule has 4 rings (SSSR count). The maximum absolute atomic E-state index is 13.4. The van der Waals surface area contributed by atoms with E-state index in [9.17, 15) is 17.4 Å². The van der Waals surface area contributed by atoms with Gasteiger partial charge in [-0.1, -0.05) is 48.2 Å². The van der Waals surface area contributed by atoms with Gasteiger partial charge in [0.25, 0.3) is 15.9 Å². The van der Waals surface area contributed by atoms with Gasteiger partial charge in [0.15, 0.2) is 0 Å². The minimum Gasteiger partial charge on any atom is -0.496 e. The highest BCUT2D eigenvalue weighted by Gasteiger charge is 2.20. The standard InChI is InChI=1S/C27H22N2O5S2/c1-34-25-17-18-26(23-9-5-4-8-22(23)25)36(32,33)29-24-10-6-3-7-20(24)14-11-19-12-15-21(16-13-19)27(30)28-35(2)31/h3-10,12-13,15-18,29H,1-2H3,(H,28,30). The van der Waals surface area contributed by atoms with Crippen LogP contribution in [0.15, 0.2) is 89.8 Å². The van der Waals surface area contributed by atoms with Crippen molar-refractivity contribution >= 4 is 43.4 Å². The van der Waals surface area contributed by atoms with Gasteiger partial charge in [-0.2, -0.15) is 0 Å². The molecule has 0 radical (unpaired) electrons. The average molecular weight is 519 g/mol. The molecule has 0 spiro atoms. The van der Waals surface area contributed by atoms with Gasteiger partial charge < -0.3 is 4.74 Å². The largest absolute Gasteiger partial charge is 0.496 e. The van der Waals surface area contributed by atoms with E-state index in [1.165, 1.54) is 12.3 Å². The second-order valence-corrected chi connectivity index (χ2v) is 10.4. The predicted octanol–water partition coefficient (Wildman–Crippen LogP) is 4.07. The summed E-state index contributed by atoms with van der Waals surface area (Å²) in [7, 11) is -3.85. The van der Waals surface area contributed by atoms with E-state index < -0.39 is 26.9 Å². The van der Waals surface area contributed by atoms with Crippen LogP contribution in [0.3, 0.4) is 0 Å². The number of fused-ring (bicyclic) bond motifs is 1. The molecule has 9 heteroatoms. The molecule has 0 aliphatic heterocycles. The Bertz CT molecular complexity index is 1640. The third-order valence-corrected chi connectivity index (χ3v) is 7.15. The van der Waals surface area contributed by atoms with Crippen molar-refractivity contribution in [2.24, 2.45) is 0 Å². The Morgan fingerprint density at radius 1 is 0.861 bits per heavy atom. The van der Waals surface area contributed by atoms with Gasteiger partial charge >= 0.3 is 0 Å². The lowest BCUT2D eigenvalue weighted by molar-refractivity contribution is 0.0983. The lowest BCUT2D eigenvalue weighted by atomic mass is 10.1. The van der Waals surface area contributed by atoms with Crippen LogP contribution in [0.5, 0.6) is 5.75 Å². The molecular formula is C27H22N2O5S2. The van der Waals surface area contributed by atoms with Crippen LogP contribution < -0.4 is 14.2 Å². The third-order valence-electron chi connectivity index (χ3n) is 5.25. The molecule has 0 heterocycles. The molecule has 1 unspecified atom stereocenters. The lowest BCUT2D eigenvalue weighted by Gasteiger charge is -2.13. The predicted molar refractivity (Wildman–Crippen MR) is 142 cm³/mol. The van der Waals surface area contributed by atoms with Crippen molar-refractivity contribution in [1.82, 2.24) is 4.72 Å². The smallest absolute Gasteiger partial charge is 0.262 e. The topological polar surface area (TPSA) is 102 Å². The molecule has 0 fully saturated rings. The Labute approximate surface area is 212 Å². The summed E-state index contributed by atoms with van der Waals surface area (Å²) < 4.78 is 48.2. The van der Waals surface area contributed by atoms with E-state index >= 15 is 0 Å². The molecule has 0 saturated carbocycles. The van der Waals surface area contributed by atoms with Crippen molar-refractivity contribution in [2.45, 2.75) is 4.90 Å².